The zero-order valence-electron chi connectivity index (χ0n) is 11.1. The highest BCUT2D eigenvalue weighted by Crippen LogP contribution is 2.20. The molecule has 0 N–H and O–H groups in total. The number of hydrogen-bond donors (Lipinski definition) is 0. The average molecular weight is 244 g/mol. The topological polar surface area (TPSA) is 0 Å². The van der Waals surface area contributed by atoms with Gasteiger partial charge in [0.1, 0.15) is 0 Å². The van der Waals surface area contributed by atoms with Crippen molar-refractivity contribution in [3.63, 3.8) is 0 Å². The Balaban J connectivity index is 2.20. The van der Waals surface area contributed by atoms with Crippen molar-refractivity contribution >= 4 is 0 Å². The Kier molecular flexibility index (Phi) is 4.07. The van der Waals surface area contributed by atoms with Gasteiger partial charge in [-0.05, 0) is 31.0 Å². The van der Waals surface area contributed by atoms with Crippen LogP contribution in [0.2, 0.25) is 0 Å². The van der Waals surface area contributed by atoms with Gasteiger partial charge in [0.2, 0.25) is 0 Å². The van der Waals surface area contributed by atoms with Crippen molar-refractivity contribution in [1.29, 1.82) is 0 Å². The van der Waals surface area contributed by atoms with Crippen LogP contribution in [0.1, 0.15) is 18.1 Å². The van der Waals surface area contributed by atoms with E-state index in [1.807, 2.05) is 55.5 Å². The molecule has 0 aliphatic carbocycles. The molecule has 0 radical (unpaired) electrons. The second kappa shape index (κ2) is 5.94. The third-order valence-electron chi connectivity index (χ3n) is 2.98. The Morgan fingerprint density at radius 1 is 0.947 bits per heavy atom. The van der Waals surface area contributed by atoms with E-state index in [1.165, 1.54) is 5.56 Å². The molecule has 0 heterocycles. The second-order valence-electron chi connectivity index (χ2n) is 4.75. The lowest BCUT2D eigenvalue weighted by atomic mass is 9.85. The van der Waals surface area contributed by atoms with Crippen molar-refractivity contribution in [3.05, 3.63) is 71.8 Å². The van der Waals surface area contributed by atoms with Crippen molar-refractivity contribution in [2.75, 3.05) is 0 Å². The summed E-state index contributed by atoms with van der Waals surface area (Å²) in [5, 5.41) is 0. The molecule has 2 aromatic rings. The lowest BCUT2D eigenvalue weighted by Gasteiger charge is -2.16. The lowest BCUT2D eigenvalue weighted by molar-refractivity contribution is 0.599. The Hall–Kier alpha value is -2.44. The highest BCUT2D eigenvalue weighted by Gasteiger charge is 2.18. The van der Waals surface area contributed by atoms with E-state index < -0.39 is 5.41 Å². The molecule has 0 aliphatic rings. The molecule has 2 aromatic carbocycles. The fourth-order valence-corrected chi connectivity index (χ4v) is 1.87. The van der Waals surface area contributed by atoms with Crippen LogP contribution in [0.15, 0.2) is 60.7 Å². The van der Waals surface area contributed by atoms with Gasteiger partial charge in [-0.2, -0.15) is 0 Å². The summed E-state index contributed by atoms with van der Waals surface area (Å²) in [6.07, 6.45) is 6.43. The van der Waals surface area contributed by atoms with E-state index in [2.05, 4.69) is 29.9 Å². The van der Waals surface area contributed by atoms with Crippen molar-refractivity contribution in [2.24, 2.45) is 5.41 Å². The summed E-state index contributed by atoms with van der Waals surface area (Å²) in [4.78, 5) is 0. The van der Waals surface area contributed by atoms with Crippen LogP contribution in [0.25, 0.3) is 0 Å². The molecule has 0 spiro atoms. The highest BCUT2D eigenvalue weighted by atomic mass is 14.2. The largest absolute Gasteiger partial charge is 0.118 e. The summed E-state index contributed by atoms with van der Waals surface area (Å²) in [6, 6.07) is 20.1. The molecule has 1 atom stereocenters. The molecule has 0 nitrogen and oxygen atoms in total. The standard InChI is InChI=1S/C19H16/c1-3-19(2,16-18-12-8-5-9-13-18)15-14-17-10-6-4-7-11-17/h1,4-13H,16H2,2H3. The third-order valence-corrected chi connectivity index (χ3v) is 2.98. The minimum Gasteiger partial charge on any atom is -0.118 e. The van der Waals surface area contributed by atoms with Crippen molar-refractivity contribution in [1.82, 2.24) is 0 Å². The molecule has 0 aromatic heterocycles. The van der Waals surface area contributed by atoms with Crippen LogP contribution >= 0.6 is 0 Å². The molecule has 0 heteroatoms. The van der Waals surface area contributed by atoms with Crippen LogP contribution < -0.4 is 0 Å². The van der Waals surface area contributed by atoms with Gasteiger partial charge in [-0.25, -0.2) is 0 Å². The monoisotopic (exact) mass is 244 g/mol. The fraction of sp³-hybridized carbons (Fsp3) is 0.158. The number of terminal acetylenes is 1. The van der Waals surface area contributed by atoms with E-state index in [0.29, 0.717) is 0 Å². The summed E-state index contributed by atoms with van der Waals surface area (Å²) >= 11 is 0. The maximum atomic E-state index is 5.67. The summed E-state index contributed by atoms with van der Waals surface area (Å²) in [5.74, 6) is 9.21. The highest BCUT2D eigenvalue weighted by molar-refractivity contribution is 5.38. The first-order chi connectivity index (χ1) is 9.22. The molecule has 19 heavy (non-hydrogen) atoms. The Labute approximate surface area is 115 Å². The van der Waals surface area contributed by atoms with Crippen LogP contribution in [0.5, 0.6) is 0 Å². The minimum atomic E-state index is -0.433. The Bertz CT molecular complexity index is 620. The first-order valence-electron chi connectivity index (χ1n) is 6.32. The van der Waals surface area contributed by atoms with Crippen molar-refractivity contribution in [3.8, 4) is 24.2 Å². The molecule has 0 bridgehead atoms. The number of hydrogen-bond acceptors (Lipinski definition) is 0. The number of benzene rings is 2. The van der Waals surface area contributed by atoms with Gasteiger partial charge in [0.15, 0.2) is 0 Å². The average Bonchev–Trinajstić information content (AvgIpc) is 2.47. The molecule has 1 unspecified atom stereocenters. The lowest BCUT2D eigenvalue weighted by Crippen LogP contribution is -2.14. The van der Waals surface area contributed by atoms with Gasteiger partial charge in [-0.1, -0.05) is 66.3 Å². The summed E-state index contributed by atoms with van der Waals surface area (Å²) in [5.41, 5.74) is 1.78. The molecule has 0 fully saturated rings. The normalized spacial score (nSPS) is 12.6. The van der Waals surface area contributed by atoms with E-state index in [9.17, 15) is 0 Å². The Morgan fingerprint density at radius 3 is 2.11 bits per heavy atom. The van der Waals surface area contributed by atoms with E-state index in [0.717, 1.165) is 12.0 Å². The van der Waals surface area contributed by atoms with Gasteiger partial charge in [0.05, 0.1) is 5.41 Å². The van der Waals surface area contributed by atoms with Crippen LogP contribution in [0, 0.1) is 29.6 Å². The maximum absolute atomic E-state index is 5.67. The second-order valence-corrected chi connectivity index (χ2v) is 4.75. The van der Waals surface area contributed by atoms with Crippen LogP contribution in [-0.4, -0.2) is 0 Å². The SMILES string of the molecule is C#CC(C)(C#Cc1ccccc1)Cc1ccccc1. The van der Waals surface area contributed by atoms with Gasteiger partial charge in [-0.3, -0.25) is 0 Å². The Morgan fingerprint density at radius 2 is 1.53 bits per heavy atom. The van der Waals surface area contributed by atoms with Gasteiger partial charge in [0, 0.05) is 5.56 Å². The van der Waals surface area contributed by atoms with E-state index in [4.69, 9.17) is 6.42 Å². The molecule has 0 saturated heterocycles. The predicted molar refractivity (Wildman–Crippen MR) is 80.4 cm³/mol. The zero-order valence-corrected chi connectivity index (χ0v) is 11.1. The molecular formula is C19H16. The summed E-state index contributed by atoms with van der Waals surface area (Å²) in [6.45, 7) is 2.01. The molecule has 92 valence electrons. The molecule has 0 saturated carbocycles. The zero-order chi connectivity index (χ0) is 13.6. The summed E-state index contributed by atoms with van der Waals surface area (Å²) in [7, 11) is 0. The van der Waals surface area contributed by atoms with Gasteiger partial charge >= 0.3 is 0 Å². The minimum absolute atomic E-state index is 0.433. The van der Waals surface area contributed by atoms with Crippen LogP contribution in [-0.2, 0) is 6.42 Å². The predicted octanol–water partition coefficient (Wildman–Crippen LogP) is 3.92. The van der Waals surface area contributed by atoms with Gasteiger partial charge in [-0.15, -0.1) is 6.42 Å². The maximum Gasteiger partial charge on any atom is 0.0931 e. The molecule has 0 amide bonds. The van der Waals surface area contributed by atoms with E-state index >= 15 is 0 Å². The smallest absolute Gasteiger partial charge is 0.0931 e. The van der Waals surface area contributed by atoms with E-state index in [1.54, 1.807) is 0 Å². The van der Waals surface area contributed by atoms with Crippen molar-refractivity contribution in [2.45, 2.75) is 13.3 Å². The quantitative estimate of drug-likeness (QED) is 0.702. The first kappa shape index (κ1) is 13.0. The van der Waals surface area contributed by atoms with Crippen molar-refractivity contribution < 1.29 is 0 Å². The summed E-state index contributed by atoms with van der Waals surface area (Å²) < 4.78 is 0. The molecular weight excluding hydrogens is 228 g/mol. The first-order valence-corrected chi connectivity index (χ1v) is 6.32. The van der Waals surface area contributed by atoms with Crippen LogP contribution in [0.3, 0.4) is 0 Å². The fourth-order valence-electron chi connectivity index (χ4n) is 1.87. The van der Waals surface area contributed by atoms with Crippen LogP contribution in [0.4, 0.5) is 0 Å². The molecule has 2 rings (SSSR count). The number of rotatable bonds is 2. The molecule has 0 aliphatic heterocycles. The van der Waals surface area contributed by atoms with Gasteiger partial charge in [0.25, 0.3) is 0 Å². The van der Waals surface area contributed by atoms with Gasteiger partial charge < -0.3 is 0 Å². The third kappa shape index (κ3) is 3.77. The van der Waals surface area contributed by atoms with E-state index in [-0.39, 0.29) is 0 Å².